The Hall–Kier alpha value is -2.04. The first-order valence-electron chi connectivity index (χ1n) is 6.58. The number of hydrogen-bond donors (Lipinski definition) is 4. The molecule has 20 heavy (non-hydrogen) atoms. The average molecular weight is 273 g/mol. The predicted octanol–water partition coefficient (Wildman–Crippen LogP) is 1.79. The molecule has 0 amide bonds. The van der Waals surface area contributed by atoms with Crippen molar-refractivity contribution in [3.8, 4) is 11.5 Å². The van der Waals surface area contributed by atoms with Crippen LogP contribution in [0.1, 0.15) is 11.1 Å². The van der Waals surface area contributed by atoms with Gasteiger partial charge in [0.25, 0.3) is 0 Å². The van der Waals surface area contributed by atoms with Crippen molar-refractivity contribution in [2.24, 2.45) is 0 Å². The number of hydrogen-bond acceptors (Lipinski definition) is 4. The average Bonchev–Trinajstić information content (AvgIpc) is 2.46. The Kier molecular flexibility index (Phi) is 4.98. The highest BCUT2D eigenvalue weighted by atomic mass is 16.3. The van der Waals surface area contributed by atoms with E-state index < -0.39 is 0 Å². The fourth-order valence-corrected chi connectivity index (χ4v) is 2.06. The molecular formula is C16H19NO3. The van der Waals surface area contributed by atoms with Gasteiger partial charge in [0.05, 0.1) is 6.61 Å². The Labute approximate surface area is 118 Å². The summed E-state index contributed by atoms with van der Waals surface area (Å²) < 4.78 is 0. The van der Waals surface area contributed by atoms with Gasteiger partial charge in [-0.15, -0.1) is 0 Å². The van der Waals surface area contributed by atoms with E-state index in [-0.39, 0.29) is 24.1 Å². The lowest BCUT2D eigenvalue weighted by Crippen LogP contribution is -2.34. The summed E-state index contributed by atoms with van der Waals surface area (Å²) in [5.74, 6) is 0.0862. The monoisotopic (exact) mass is 273 g/mol. The molecule has 0 heterocycles. The molecule has 0 bridgehead atoms. The quantitative estimate of drug-likeness (QED) is 0.647. The van der Waals surface area contributed by atoms with Crippen LogP contribution in [0.2, 0.25) is 0 Å². The largest absolute Gasteiger partial charge is 0.508 e. The first-order chi connectivity index (χ1) is 9.69. The highest BCUT2D eigenvalue weighted by molar-refractivity contribution is 5.38. The maximum absolute atomic E-state index is 9.70. The zero-order chi connectivity index (χ0) is 14.4. The molecule has 106 valence electrons. The van der Waals surface area contributed by atoms with E-state index in [0.29, 0.717) is 12.1 Å². The molecule has 0 fully saturated rings. The van der Waals surface area contributed by atoms with Crippen molar-refractivity contribution in [1.82, 2.24) is 5.32 Å². The third-order valence-electron chi connectivity index (χ3n) is 3.20. The van der Waals surface area contributed by atoms with Gasteiger partial charge in [0.15, 0.2) is 0 Å². The molecule has 0 spiro atoms. The first-order valence-corrected chi connectivity index (χ1v) is 6.58. The number of nitrogens with one attached hydrogen (secondary N) is 1. The van der Waals surface area contributed by atoms with Crippen LogP contribution in [0.3, 0.4) is 0 Å². The molecule has 0 aliphatic heterocycles. The number of phenolic OH excluding ortho intramolecular Hbond substituents is 2. The number of phenols is 2. The molecule has 0 aliphatic rings. The van der Waals surface area contributed by atoms with Crippen molar-refractivity contribution in [3.63, 3.8) is 0 Å². The minimum Gasteiger partial charge on any atom is -0.508 e. The molecule has 2 aromatic rings. The van der Waals surface area contributed by atoms with Gasteiger partial charge in [-0.05, 0) is 18.1 Å². The Morgan fingerprint density at radius 1 is 1.00 bits per heavy atom. The van der Waals surface area contributed by atoms with Crippen LogP contribution < -0.4 is 5.32 Å². The smallest absolute Gasteiger partial charge is 0.123 e. The van der Waals surface area contributed by atoms with E-state index in [9.17, 15) is 15.3 Å². The third kappa shape index (κ3) is 3.98. The van der Waals surface area contributed by atoms with E-state index in [1.165, 1.54) is 12.1 Å². The standard InChI is InChI=1S/C16H19NO3/c18-11-14(8-12-4-2-1-3-5-12)17-10-13-6-7-15(19)9-16(13)20/h1-7,9,14,17-20H,8,10-11H2/t14-/m0/s1. The van der Waals surface area contributed by atoms with Gasteiger partial charge in [-0.3, -0.25) is 0 Å². The van der Waals surface area contributed by atoms with Crippen LogP contribution in [-0.2, 0) is 13.0 Å². The van der Waals surface area contributed by atoms with Crippen molar-refractivity contribution in [3.05, 3.63) is 59.7 Å². The Bertz CT molecular complexity index is 543. The van der Waals surface area contributed by atoms with Crippen LogP contribution in [-0.4, -0.2) is 28.0 Å². The number of aliphatic hydroxyl groups excluding tert-OH is 1. The molecule has 0 saturated carbocycles. The van der Waals surface area contributed by atoms with Gasteiger partial charge in [-0.2, -0.15) is 0 Å². The van der Waals surface area contributed by atoms with Gasteiger partial charge in [0, 0.05) is 24.2 Å². The summed E-state index contributed by atoms with van der Waals surface area (Å²) in [6.45, 7) is 0.456. The summed E-state index contributed by atoms with van der Waals surface area (Å²) in [5.41, 5.74) is 1.84. The van der Waals surface area contributed by atoms with Gasteiger partial charge < -0.3 is 20.6 Å². The molecule has 0 aromatic heterocycles. The topological polar surface area (TPSA) is 72.7 Å². The van der Waals surface area contributed by atoms with Gasteiger partial charge >= 0.3 is 0 Å². The summed E-state index contributed by atoms with van der Waals surface area (Å²) in [7, 11) is 0. The van der Waals surface area contributed by atoms with Crippen LogP contribution in [0.25, 0.3) is 0 Å². The van der Waals surface area contributed by atoms with Gasteiger partial charge in [-0.25, -0.2) is 0 Å². The molecule has 4 heteroatoms. The van der Waals surface area contributed by atoms with Gasteiger partial charge in [-0.1, -0.05) is 36.4 Å². The number of aliphatic hydroxyl groups is 1. The molecular weight excluding hydrogens is 254 g/mol. The minimum absolute atomic E-state index is 0.0216. The van der Waals surface area contributed by atoms with Crippen molar-refractivity contribution >= 4 is 0 Å². The van der Waals surface area contributed by atoms with E-state index in [1.807, 2.05) is 30.3 Å². The summed E-state index contributed by atoms with van der Waals surface area (Å²) in [5, 5.41) is 31.6. The first kappa shape index (κ1) is 14.4. The maximum Gasteiger partial charge on any atom is 0.123 e. The summed E-state index contributed by atoms with van der Waals surface area (Å²) in [6.07, 6.45) is 0.718. The van der Waals surface area contributed by atoms with E-state index in [1.54, 1.807) is 6.07 Å². The predicted molar refractivity (Wildman–Crippen MR) is 77.6 cm³/mol. The highest BCUT2D eigenvalue weighted by Gasteiger charge is 2.09. The fraction of sp³-hybridized carbons (Fsp3) is 0.250. The summed E-state index contributed by atoms with van der Waals surface area (Å²) in [4.78, 5) is 0. The van der Waals surface area contributed by atoms with Crippen molar-refractivity contribution in [1.29, 1.82) is 0 Å². The maximum atomic E-state index is 9.70. The van der Waals surface area contributed by atoms with E-state index in [4.69, 9.17) is 0 Å². The van der Waals surface area contributed by atoms with E-state index in [2.05, 4.69) is 5.32 Å². The van der Waals surface area contributed by atoms with Gasteiger partial charge in [0.1, 0.15) is 11.5 Å². The molecule has 2 rings (SSSR count). The highest BCUT2D eigenvalue weighted by Crippen LogP contribution is 2.22. The van der Waals surface area contributed by atoms with Crippen LogP contribution in [0.5, 0.6) is 11.5 Å². The second-order valence-corrected chi connectivity index (χ2v) is 4.76. The zero-order valence-electron chi connectivity index (χ0n) is 11.2. The molecule has 0 unspecified atom stereocenters. The lowest BCUT2D eigenvalue weighted by atomic mass is 10.1. The second kappa shape index (κ2) is 6.93. The second-order valence-electron chi connectivity index (χ2n) is 4.76. The number of aromatic hydroxyl groups is 2. The van der Waals surface area contributed by atoms with Crippen LogP contribution in [0.4, 0.5) is 0 Å². The van der Waals surface area contributed by atoms with Crippen LogP contribution in [0, 0.1) is 0 Å². The van der Waals surface area contributed by atoms with Crippen LogP contribution >= 0.6 is 0 Å². The molecule has 4 N–H and O–H groups in total. The van der Waals surface area contributed by atoms with Crippen molar-refractivity contribution < 1.29 is 15.3 Å². The van der Waals surface area contributed by atoms with Gasteiger partial charge in [0.2, 0.25) is 0 Å². The SMILES string of the molecule is OC[C@H](Cc1ccccc1)NCc1ccc(O)cc1O. The molecule has 4 nitrogen and oxygen atoms in total. The lowest BCUT2D eigenvalue weighted by Gasteiger charge is -2.17. The third-order valence-corrected chi connectivity index (χ3v) is 3.20. The molecule has 0 saturated heterocycles. The van der Waals surface area contributed by atoms with E-state index in [0.717, 1.165) is 12.0 Å². The summed E-state index contributed by atoms with van der Waals surface area (Å²) in [6, 6.07) is 14.3. The Morgan fingerprint density at radius 2 is 1.75 bits per heavy atom. The Morgan fingerprint density at radius 3 is 2.40 bits per heavy atom. The van der Waals surface area contributed by atoms with Crippen molar-refractivity contribution in [2.45, 2.75) is 19.0 Å². The molecule has 2 aromatic carbocycles. The Balaban J connectivity index is 1.93. The molecule has 0 radical (unpaired) electrons. The van der Waals surface area contributed by atoms with Crippen LogP contribution in [0.15, 0.2) is 48.5 Å². The molecule has 0 aliphatic carbocycles. The lowest BCUT2D eigenvalue weighted by molar-refractivity contribution is 0.240. The van der Waals surface area contributed by atoms with Crippen molar-refractivity contribution in [2.75, 3.05) is 6.61 Å². The fourth-order valence-electron chi connectivity index (χ4n) is 2.06. The number of rotatable bonds is 6. The number of benzene rings is 2. The zero-order valence-corrected chi connectivity index (χ0v) is 11.2. The normalized spacial score (nSPS) is 12.2. The molecule has 1 atom stereocenters. The summed E-state index contributed by atoms with van der Waals surface area (Å²) >= 11 is 0. The minimum atomic E-state index is -0.0781. The van der Waals surface area contributed by atoms with E-state index >= 15 is 0 Å².